The van der Waals surface area contributed by atoms with Gasteiger partial charge >= 0.3 is 0 Å². The zero-order chi connectivity index (χ0) is 22.7. The molecule has 0 aromatic heterocycles. The molecule has 30 heavy (non-hydrogen) atoms. The lowest BCUT2D eigenvalue weighted by molar-refractivity contribution is 0.223. The lowest BCUT2D eigenvalue weighted by Crippen LogP contribution is -2.32. The van der Waals surface area contributed by atoms with E-state index < -0.39 is 14.7 Å². The van der Waals surface area contributed by atoms with Crippen LogP contribution < -0.4 is 22.1 Å². The maximum absolute atomic E-state index is 12.5. The maximum atomic E-state index is 12.5. The van der Waals surface area contributed by atoms with E-state index >= 15 is 0 Å². The Labute approximate surface area is 182 Å². The summed E-state index contributed by atoms with van der Waals surface area (Å²) >= 11 is 0. The maximum Gasteiger partial charge on any atom is 0.227 e. The summed E-state index contributed by atoms with van der Waals surface area (Å²) in [6.45, 7) is 2.47. The van der Waals surface area contributed by atoms with Crippen molar-refractivity contribution in [2.75, 3.05) is 64.5 Å². The van der Waals surface area contributed by atoms with Gasteiger partial charge in [0.25, 0.3) is 0 Å². The number of aliphatic hydroxyl groups excluding tert-OH is 1. The molecule has 0 amide bonds. The highest BCUT2D eigenvalue weighted by Crippen LogP contribution is 2.44. The Morgan fingerprint density at radius 3 is 1.47 bits per heavy atom. The van der Waals surface area contributed by atoms with Crippen molar-refractivity contribution in [2.24, 2.45) is 11.5 Å². The first-order chi connectivity index (χ1) is 14.3. The van der Waals surface area contributed by atoms with Crippen LogP contribution >= 0.6 is 14.7 Å². The van der Waals surface area contributed by atoms with Crippen molar-refractivity contribution in [1.29, 1.82) is 0 Å². The highest BCUT2D eigenvalue weighted by molar-refractivity contribution is 7.58. The number of hydrogen-bond acceptors (Lipinski definition) is 8. The fraction of sp³-hybridized carbons (Fsp3) is 1.00. The van der Waals surface area contributed by atoms with Gasteiger partial charge in [-0.25, -0.2) is 0 Å². The van der Waals surface area contributed by atoms with Crippen LogP contribution in [-0.2, 0) is 9.13 Å². The third-order valence-corrected chi connectivity index (χ3v) is 7.71. The molecule has 2 atom stereocenters. The summed E-state index contributed by atoms with van der Waals surface area (Å²) < 4.78 is 24.9. The van der Waals surface area contributed by atoms with E-state index in [0.717, 1.165) is 51.4 Å². The molecule has 0 aliphatic rings. The van der Waals surface area contributed by atoms with Crippen molar-refractivity contribution < 1.29 is 24.0 Å². The van der Waals surface area contributed by atoms with Crippen LogP contribution in [0, 0.1) is 0 Å². The Morgan fingerprint density at radius 2 is 1.10 bits per heavy atom. The molecule has 12 heteroatoms. The standard InChI is InChI=1S/C18H45N5O5P2/c19-9-5-1-3-7-11-21-15-29(25,26)17-23(13-14-24)18-30(27,28)16-22-12-8-4-2-6-10-20/h21-22,24H,1-20H2,(H,25,26)(H,27,28). The van der Waals surface area contributed by atoms with Crippen molar-refractivity contribution in [3.05, 3.63) is 0 Å². The van der Waals surface area contributed by atoms with Crippen LogP contribution in [0.4, 0.5) is 0 Å². The number of hydrogen-bond donors (Lipinski definition) is 7. The lowest BCUT2D eigenvalue weighted by Gasteiger charge is -2.26. The minimum absolute atomic E-state index is 0.0530. The molecule has 0 heterocycles. The average Bonchev–Trinajstić information content (AvgIpc) is 2.66. The second-order valence-corrected chi connectivity index (χ2v) is 12.4. The normalized spacial score (nSPS) is 15.9. The number of aliphatic hydroxyl groups is 1. The van der Waals surface area contributed by atoms with Gasteiger partial charge in [-0.1, -0.05) is 25.7 Å². The largest absolute Gasteiger partial charge is 0.395 e. The van der Waals surface area contributed by atoms with Crippen molar-refractivity contribution in [3.63, 3.8) is 0 Å². The Morgan fingerprint density at radius 1 is 0.700 bits per heavy atom. The fourth-order valence-corrected chi connectivity index (χ4v) is 6.16. The van der Waals surface area contributed by atoms with E-state index in [1.807, 2.05) is 0 Å². The molecule has 0 fully saturated rings. The summed E-state index contributed by atoms with van der Waals surface area (Å²) in [4.78, 5) is 21.9. The summed E-state index contributed by atoms with van der Waals surface area (Å²) in [5.74, 6) is 0. The van der Waals surface area contributed by atoms with Crippen molar-refractivity contribution in [2.45, 2.75) is 51.4 Å². The van der Waals surface area contributed by atoms with Gasteiger partial charge in [-0.15, -0.1) is 0 Å². The van der Waals surface area contributed by atoms with Gasteiger partial charge in [-0.2, -0.15) is 0 Å². The highest BCUT2D eigenvalue weighted by Gasteiger charge is 2.27. The monoisotopic (exact) mass is 473 g/mol. The minimum atomic E-state index is -3.55. The van der Waals surface area contributed by atoms with Gasteiger partial charge in [0.15, 0.2) is 0 Å². The van der Waals surface area contributed by atoms with Crippen LogP contribution in [0.25, 0.3) is 0 Å². The van der Waals surface area contributed by atoms with Crippen LogP contribution in [0.15, 0.2) is 0 Å². The van der Waals surface area contributed by atoms with E-state index in [1.54, 1.807) is 0 Å². The molecule has 0 aromatic carbocycles. The molecule has 0 aliphatic heterocycles. The van der Waals surface area contributed by atoms with E-state index in [2.05, 4.69) is 10.6 Å². The Kier molecular flexibility index (Phi) is 18.8. The average molecular weight is 474 g/mol. The summed E-state index contributed by atoms with van der Waals surface area (Å²) in [6, 6.07) is 0. The third-order valence-electron chi connectivity index (χ3n) is 4.59. The van der Waals surface area contributed by atoms with Gasteiger partial charge in [-0.05, 0) is 51.9 Å². The SMILES string of the molecule is NCCCCCCNCP(=O)(O)CN(CCO)CP(=O)(O)CNCCCCCCN. The molecule has 0 spiro atoms. The predicted molar refractivity (Wildman–Crippen MR) is 124 cm³/mol. The Bertz CT molecular complexity index is 462. The van der Waals surface area contributed by atoms with Crippen LogP contribution in [-0.4, -0.2) is 84.3 Å². The van der Waals surface area contributed by atoms with Crippen LogP contribution in [0.2, 0.25) is 0 Å². The third kappa shape index (κ3) is 18.9. The van der Waals surface area contributed by atoms with E-state index in [-0.39, 0.29) is 38.3 Å². The number of nitrogens with zero attached hydrogens (tertiary/aromatic N) is 1. The van der Waals surface area contributed by atoms with E-state index in [4.69, 9.17) is 11.5 Å². The predicted octanol–water partition coefficient (Wildman–Crippen LogP) is 0.869. The first-order valence-electron chi connectivity index (χ1n) is 11.0. The smallest absolute Gasteiger partial charge is 0.227 e. The zero-order valence-electron chi connectivity index (χ0n) is 18.4. The Balaban J connectivity index is 4.24. The summed E-state index contributed by atoms with van der Waals surface area (Å²) in [5, 5.41) is 15.2. The number of rotatable bonds is 22. The first-order valence-corrected chi connectivity index (χ1v) is 15.1. The van der Waals surface area contributed by atoms with Gasteiger partial charge in [0.1, 0.15) is 0 Å². The summed E-state index contributed by atoms with van der Waals surface area (Å²) in [6.07, 6.45) is 7.36. The van der Waals surface area contributed by atoms with E-state index in [1.165, 1.54) is 4.90 Å². The lowest BCUT2D eigenvalue weighted by atomic mass is 10.2. The molecule has 0 aliphatic carbocycles. The number of nitrogens with two attached hydrogens (primary N) is 2. The molecular weight excluding hydrogens is 428 g/mol. The molecule has 9 N–H and O–H groups in total. The number of nitrogens with one attached hydrogen (secondary N) is 2. The molecular formula is C18H45N5O5P2. The molecule has 0 rings (SSSR count). The molecule has 182 valence electrons. The van der Waals surface area contributed by atoms with Crippen molar-refractivity contribution in [3.8, 4) is 0 Å². The molecule has 0 saturated heterocycles. The highest BCUT2D eigenvalue weighted by atomic mass is 31.2. The summed E-state index contributed by atoms with van der Waals surface area (Å²) in [5.41, 5.74) is 10.9. The second-order valence-electron chi connectivity index (χ2n) is 7.82. The van der Waals surface area contributed by atoms with Crippen LogP contribution in [0.3, 0.4) is 0 Å². The van der Waals surface area contributed by atoms with Gasteiger partial charge in [0.05, 0.1) is 31.8 Å². The quantitative estimate of drug-likeness (QED) is 0.0882. The first kappa shape index (κ1) is 30.1. The van der Waals surface area contributed by atoms with Gasteiger partial charge in [0.2, 0.25) is 14.7 Å². The Hall–Kier alpha value is 0.140. The van der Waals surface area contributed by atoms with Gasteiger partial charge in [-0.3, -0.25) is 14.0 Å². The summed E-state index contributed by atoms with van der Waals surface area (Å²) in [7, 11) is -7.10. The number of unbranched alkanes of at least 4 members (excludes halogenated alkanes) is 6. The fourth-order valence-electron chi connectivity index (χ4n) is 3.06. The van der Waals surface area contributed by atoms with E-state index in [0.29, 0.717) is 26.2 Å². The van der Waals surface area contributed by atoms with Crippen molar-refractivity contribution >= 4 is 14.7 Å². The molecule has 0 saturated carbocycles. The minimum Gasteiger partial charge on any atom is -0.395 e. The van der Waals surface area contributed by atoms with Gasteiger partial charge < -0.3 is 37.0 Å². The van der Waals surface area contributed by atoms with Crippen LogP contribution in [0.1, 0.15) is 51.4 Å². The molecule has 0 aromatic rings. The molecule has 2 unspecified atom stereocenters. The van der Waals surface area contributed by atoms with Gasteiger partial charge in [0, 0.05) is 6.54 Å². The molecule has 10 nitrogen and oxygen atoms in total. The van der Waals surface area contributed by atoms with Crippen LogP contribution in [0.5, 0.6) is 0 Å². The molecule has 0 radical (unpaired) electrons. The molecule has 0 bridgehead atoms. The second kappa shape index (κ2) is 18.7. The van der Waals surface area contributed by atoms with Crippen molar-refractivity contribution in [1.82, 2.24) is 15.5 Å². The van der Waals surface area contributed by atoms with E-state index in [9.17, 15) is 24.0 Å². The zero-order valence-corrected chi connectivity index (χ0v) is 20.2. The topological polar surface area (TPSA) is 174 Å².